The first-order chi connectivity index (χ1) is 6.04. The molecule has 0 spiro atoms. The zero-order valence-corrected chi connectivity index (χ0v) is 9.05. The maximum absolute atomic E-state index is 11.2. The Labute approximate surface area is 80.4 Å². The molecule has 3 nitrogen and oxygen atoms in total. The summed E-state index contributed by atoms with van der Waals surface area (Å²) in [6, 6.07) is 0. The van der Waals surface area contributed by atoms with E-state index in [0.717, 1.165) is 19.4 Å². The van der Waals surface area contributed by atoms with Crippen LogP contribution in [0.2, 0.25) is 0 Å². The van der Waals surface area contributed by atoms with Gasteiger partial charge in [0.25, 0.3) is 0 Å². The molecule has 0 saturated carbocycles. The highest BCUT2D eigenvalue weighted by Gasteiger charge is 2.28. The number of ether oxygens (including phenoxy) is 2. The largest absolute Gasteiger partial charge is 0.469 e. The zero-order chi connectivity index (χ0) is 10.3. The summed E-state index contributed by atoms with van der Waals surface area (Å²) < 4.78 is 10.0. The van der Waals surface area contributed by atoms with E-state index in [1.807, 2.05) is 13.8 Å². The monoisotopic (exact) mass is 188 g/mol. The van der Waals surface area contributed by atoms with Crippen LogP contribution in [0.1, 0.15) is 33.6 Å². The summed E-state index contributed by atoms with van der Waals surface area (Å²) in [4.78, 5) is 11.2. The molecule has 0 N–H and O–H groups in total. The maximum Gasteiger partial charge on any atom is 0.313 e. The van der Waals surface area contributed by atoms with E-state index in [1.165, 1.54) is 7.11 Å². The molecular formula is C10H20O3. The van der Waals surface area contributed by atoms with Crippen LogP contribution in [0.4, 0.5) is 0 Å². The van der Waals surface area contributed by atoms with E-state index >= 15 is 0 Å². The summed E-state index contributed by atoms with van der Waals surface area (Å²) >= 11 is 0. The Morgan fingerprint density at radius 2 is 2.00 bits per heavy atom. The van der Waals surface area contributed by atoms with Crippen molar-refractivity contribution in [3.05, 3.63) is 0 Å². The van der Waals surface area contributed by atoms with Crippen LogP contribution in [0.15, 0.2) is 0 Å². The fraction of sp³-hybridized carbons (Fsp3) is 0.900. The predicted molar refractivity (Wildman–Crippen MR) is 51.5 cm³/mol. The van der Waals surface area contributed by atoms with Crippen molar-refractivity contribution in [2.45, 2.75) is 33.6 Å². The molecule has 0 aliphatic rings. The first-order valence-electron chi connectivity index (χ1n) is 4.70. The third kappa shape index (κ3) is 4.88. The Morgan fingerprint density at radius 3 is 2.46 bits per heavy atom. The number of methoxy groups -OCH3 is 1. The van der Waals surface area contributed by atoms with Gasteiger partial charge in [-0.2, -0.15) is 0 Å². The second kappa shape index (κ2) is 5.97. The normalized spacial score (nSPS) is 11.4. The quantitative estimate of drug-likeness (QED) is 0.472. The standard InChI is InChI=1S/C10H20O3/c1-5-6-7-13-8-10(2,3)9(11)12-4/h5-8H2,1-4H3. The second-order valence-electron chi connectivity index (χ2n) is 3.78. The van der Waals surface area contributed by atoms with Crippen LogP contribution < -0.4 is 0 Å². The number of hydrogen-bond acceptors (Lipinski definition) is 3. The predicted octanol–water partition coefficient (Wildman–Crippen LogP) is 2.00. The molecule has 0 radical (unpaired) electrons. The molecule has 0 aliphatic heterocycles. The molecule has 0 unspecified atom stereocenters. The van der Waals surface area contributed by atoms with Gasteiger partial charge in [-0.1, -0.05) is 13.3 Å². The molecule has 0 saturated heterocycles. The Morgan fingerprint density at radius 1 is 1.38 bits per heavy atom. The fourth-order valence-electron chi connectivity index (χ4n) is 0.909. The van der Waals surface area contributed by atoms with Gasteiger partial charge in [-0.3, -0.25) is 4.79 Å². The van der Waals surface area contributed by atoms with Crippen LogP contribution in [0.25, 0.3) is 0 Å². The van der Waals surface area contributed by atoms with Crippen molar-refractivity contribution in [1.29, 1.82) is 0 Å². The van der Waals surface area contributed by atoms with Gasteiger partial charge < -0.3 is 9.47 Å². The smallest absolute Gasteiger partial charge is 0.313 e. The second-order valence-corrected chi connectivity index (χ2v) is 3.78. The summed E-state index contributed by atoms with van der Waals surface area (Å²) in [6.45, 7) is 6.90. The van der Waals surface area contributed by atoms with Gasteiger partial charge >= 0.3 is 5.97 Å². The molecule has 0 fully saturated rings. The Hall–Kier alpha value is -0.570. The highest BCUT2D eigenvalue weighted by atomic mass is 16.5. The van der Waals surface area contributed by atoms with Gasteiger partial charge in [0, 0.05) is 6.61 Å². The van der Waals surface area contributed by atoms with Crippen molar-refractivity contribution in [3.63, 3.8) is 0 Å². The summed E-state index contributed by atoms with van der Waals surface area (Å²) in [7, 11) is 1.40. The minimum Gasteiger partial charge on any atom is -0.469 e. The first kappa shape index (κ1) is 12.4. The van der Waals surface area contributed by atoms with Gasteiger partial charge in [-0.25, -0.2) is 0 Å². The zero-order valence-electron chi connectivity index (χ0n) is 9.05. The third-order valence-electron chi connectivity index (χ3n) is 1.84. The Bertz CT molecular complexity index is 152. The lowest BCUT2D eigenvalue weighted by molar-refractivity contribution is -0.154. The van der Waals surface area contributed by atoms with Gasteiger partial charge in [0.2, 0.25) is 0 Å². The van der Waals surface area contributed by atoms with E-state index < -0.39 is 5.41 Å². The Balaban J connectivity index is 3.69. The molecule has 0 heterocycles. The number of carbonyl (C=O) groups excluding carboxylic acids is 1. The van der Waals surface area contributed by atoms with Gasteiger partial charge in [0.1, 0.15) is 0 Å². The number of unbranched alkanes of at least 4 members (excludes halogenated alkanes) is 1. The molecule has 3 heteroatoms. The average Bonchev–Trinajstić information content (AvgIpc) is 2.11. The van der Waals surface area contributed by atoms with E-state index in [4.69, 9.17) is 4.74 Å². The van der Waals surface area contributed by atoms with Crippen LogP contribution in [-0.4, -0.2) is 26.3 Å². The molecular weight excluding hydrogens is 168 g/mol. The van der Waals surface area contributed by atoms with Crippen molar-refractivity contribution >= 4 is 5.97 Å². The van der Waals surface area contributed by atoms with Crippen molar-refractivity contribution in [1.82, 2.24) is 0 Å². The summed E-state index contributed by atoms with van der Waals surface area (Å²) in [6.07, 6.45) is 2.15. The van der Waals surface area contributed by atoms with Crippen molar-refractivity contribution < 1.29 is 14.3 Å². The average molecular weight is 188 g/mol. The minimum absolute atomic E-state index is 0.219. The van der Waals surface area contributed by atoms with E-state index in [1.54, 1.807) is 0 Å². The lowest BCUT2D eigenvalue weighted by atomic mass is 9.95. The maximum atomic E-state index is 11.2. The third-order valence-corrected chi connectivity index (χ3v) is 1.84. The summed E-state index contributed by atoms with van der Waals surface area (Å²) in [5.41, 5.74) is -0.525. The van der Waals surface area contributed by atoms with Gasteiger partial charge in [-0.05, 0) is 20.3 Å². The number of carbonyl (C=O) groups is 1. The topological polar surface area (TPSA) is 35.5 Å². The van der Waals surface area contributed by atoms with Crippen LogP contribution in [0, 0.1) is 5.41 Å². The molecule has 0 rings (SSSR count). The van der Waals surface area contributed by atoms with Crippen molar-refractivity contribution in [2.75, 3.05) is 20.3 Å². The summed E-state index contributed by atoms with van der Waals surface area (Å²) in [5, 5.41) is 0. The molecule has 13 heavy (non-hydrogen) atoms. The van der Waals surface area contributed by atoms with Crippen LogP contribution in [0.5, 0.6) is 0 Å². The van der Waals surface area contributed by atoms with Gasteiger partial charge in [0.15, 0.2) is 0 Å². The molecule has 0 aliphatic carbocycles. The van der Waals surface area contributed by atoms with E-state index in [9.17, 15) is 4.79 Å². The lowest BCUT2D eigenvalue weighted by Gasteiger charge is -2.20. The Kier molecular flexibility index (Phi) is 5.71. The van der Waals surface area contributed by atoms with E-state index in [2.05, 4.69) is 11.7 Å². The molecule has 0 bridgehead atoms. The number of hydrogen-bond donors (Lipinski definition) is 0. The van der Waals surface area contributed by atoms with Gasteiger partial charge in [0.05, 0.1) is 19.1 Å². The SMILES string of the molecule is CCCCOCC(C)(C)C(=O)OC. The molecule has 0 atom stereocenters. The van der Waals surface area contributed by atoms with Crippen LogP contribution in [-0.2, 0) is 14.3 Å². The minimum atomic E-state index is -0.525. The van der Waals surface area contributed by atoms with Crippen molar-refractivity contribution in [2.24, 2.45) is 5.41 Å². The molecule has 0 aromatic heterocycles. The number of rotatable bonds is 6. The van der Waals surface area contributed by atoms with E-state index in [0.29, 0.717) is 6.61 Å². The molecule has 0 aromatic carbocycles. The van der Waals surface area contributed by atoms with E-state index in [-0.39, 0.29) is 5.97 Å². The molecule has 78 valence electrons. The highest BCUT2D eigenvalue weighted by Crippen LogP contribution is 2.17. The van der Waals surface area contributed by atoms with Crippen LogP contribution in [0.3, 0.4) is 0 Å². The molecule has 0 aromatic rings. The molecule has 0 amide bonds. The number of esters is 1. The lowest BCUT2D eigenvalue weighted by Crippen LogP contribution is -2.30. The fourth-order valence-corrected chi connectivity index (χ4v) is 0.909. The van der Waals surface area contributed by atoms with Crippen molar-refractivity contribution in [3.8, 4) is 0 Å². The summed E-state index contributed by atoms with van der Waals surface area (Å²) in [5.74, 6) is -0.219. The highest BCUT2D eigenvalue weighted by molar-refractivity contribution is 5.75. The first-order valence-corrected chi connectivity index (χ1v) is 4.70. The van der Waals surface area contributed by atoms with Crippen LogP contribution >= 0.6 is 0 Å². The van der Waals surface area contributed by atoms with Gasteiger partial charge in [-0.15, -0.1) is 0 Å².